The number of nitrogens with one attached hydrogen (secondary N) is 1. The van der Waals surface area contributed by atoms with E-state index in [1.54, 1.807) is 0 Å². The second-order valence-corrected chi connectivity index (χ2v) is 3.54. The van der Waals surface area contributed by atoms with E-state index in [0.29, 0.717) is 6.54 Å². The van der Waals surface area contributed by atoms with Crippen LogP contribution < -0.4 is 5.32 Å². The lowest BCUT2D eigenvalue weighted by molar-refractivity contribution is -0.123. The Hall–Kier alpha value is -1.75. The van der Waals surface area contributed by atoms with E-state index in [1.807, 2.05) is 44.2 Å². The molecule has 0 aliphatic rings. The van der Waals surface area contributed by atoms with Crippen LogP contribution in [0.1, 0.15) is 19.4 Å². The molecule has 0 bridgehead atoms. The first kappa shape index (κ1) is 11.3. The van der Waals surface area contributed by atoms with Gasteiger partial charge in [0.2, 0.25) is 5.91 Å². The zero-order valence-corrected chi connectivity index (χ0v) is 9.08. The highest BCUT2D eigenvalue weighted by Crippen LogP contribution is 1.94. The molecule has 1 aromatic carbocycles. The summed E-state index contributed by atoms with van der Waals surface area (Å²) < 4.78 is 0. The van der Waals surface area contributed by atoms with Crippen molar-refractivity contribution in [2.24, 2.45) is 5.92 Å². The van der Waals surface area contributed by atoms with Crippen molar-refractivity contribution in [3.8, 4) is 11.8 Å². The van der Waals surface area contributed by atoms with E-state index in [0.717, 1.165) is 5.56 Å². The minimum absolute atomic E-state index is 0.0172. The summed E-state index contributed by atoms with van der Waals surface area (Å²) in [6, 6.07) is 9.72. The van der Waals surface area contributed by atoms with Gasteiger partial charge in [-0.3, -0.25) is 4.79 Å². The van der Waals surface area contributed by atoms with Crippen LogP contribution in [-0.4, -0.2) is 12.5 Å². The van der Waals surface area contributed by atoms with Gasteiger partial charge < -0.3 is 5.32 Å². The van der Waals surface area contributed by atoms with Gasteiger partial charge in [0.15, 0.2) is 0 Å². The highest BCUT2D eigenvalue weighted by Gasteiger charge is 2.03. The van der Waals surface area contributed by atoms with Crippen molar-refractivity contribution >= 4 is 5.91 Å². The molecule has 0 aliphatic carbocycles. The van der Waals surface area contributed by atoms with Crippen LogP contribution in [0.5, 0.6) is 0 Å². The topological polar surface area (TPSA) is 29.1 Å². The Kier molecular flexibility index (Phi) is 4.43. The number of rotatable bonds is 2. The van der Waals surface area contributed by atoms with E-state index in [2.05, 4.69) is 17.2 Å². The van der Waals surface area contributed by atoms with Crippen molar-refractivity contribution in [3.05, 3.63) is 35.9 Å². The van der Waals surface area contributed by atoms with Gasteiger partial charge in [-0.2, -0.15) is 0 Å². The monoisotopic (exact) mass is 201 g/mol. The first-order chi connectivity index (χ1) is 7.20. The molecule has 1 amide bonds. The Morgan fingerprint density at radius 1 is 1.33 bits per heavy atom. The summed E-state index contributed by atoms with van der Waals surface area (Å²) >= 11 is 0. The predicted octanol–water partition coefficient (Wildman–Crippen LogP) is 1.81. The van der Waals surface area contributed by atoms with Gasteiger partial charge in [-0.15, -0.1) is 0 Å². The number of benzene rings is 1. The van der Waals surface area contributed by atoms with E-state index >= 15 is 0 Å². The predicted molar refractivity (Wildman–Crippen MR) is 61.2 cm³/mol. The Balaban J connectivity index is 2.38. The average Bonchev–Trinajstić information content (AvgIpc) is 2.25. The largest absolute Gasteiger partial charge is 0.345 e. The maximum Gasteiger partial charge on any atom is 0.223 e. The molecule has 0 aliphatic heterocycles. The highest BCUT2D eigenvalue weighted by atomic mass is 16.1. The van der Waals surface area contributed by atoms with Gasteiger partial charge >= 0.3 is 0 Å². The van der Waals surface area contributed by atoms with Crippen molar-refractivity contribution in [3.63, 3.8) is 0 Å². The number of carbonyl (C=O) groups excluding carboxylic acids is 1. The molecule has 15 heavy (non-hydrogen) atoms. The summed E-state index contributed by atoms with van der Waals surface area (Å²) in [5.74, 6) is 5.94. The van der Waals surface area contributed by atoms with Crippen LogP contribution in [0.25, 0.3) is 0 Å². The molecule has 78 valence electrons. The summed E-state index contributed by atoms with van der Waals surface area (Å²) in [6.07, 6.45) is 0. The SMILES string of the molecule is CC(C)C(=O)NCC#Cc1ccccc1. The summed E-state index contributed by atoms with van der Waals surface area (Å²) in [4.78, 5) is 11.2. The molecule has 0 heterocycles. The fourth-order valence-corrected chi connectivity index (χ4v) is 1.00. The molecule has 0 radical (unpaired) electrons. The standard InChI is InChI=1S/C13H15NO/c1-11(2)13(15)14-10-6-9-12-7-4-3-5-8-12/h3-5,7-8,11H,10H2,1-2H3,(H,14,15). The minimum Gasteiger partial charge on any atom is -0.345 e. The van der Waals surface area contributed by atoms with Crippen molar-refractivity contribution in [2.45, 2.75) is 13.8 Å². The third-order valence-corrected chi connectivity index (χ3v) is 1.88. The maximum absolute atomic E-state index is 11.2. The lowest BCUT2D eigenvalue weighted by Gasteiger charge is -2.02. The Morgan fingerprint density at radius 3 is 2.60 bits per heavy atom. The molecule has 0 spiro atoms. The molecule has 0 saturated carbocycles. The zero-order chi connectivity index (χ0) is 11.1. The molecule has 2 heteroatoms. The second kappa shape index (κ2) is 5.87. The van der Waals surface area contributed by atoms with Gasteiger partial charge in [0.25, 0.3) is 0 Å². The number of amides is 1. The van der Waals surface area contributed by atoms with E-state index in [4.69, 9.17) is 0 Å². The van der Waals surface area contributed by atoms with Crippen LogP contribution in [0.4, 0.5) is 0 Å². The molecule has 0 unspecified atom stereocenters. The first-order valence-corrected chi connectivity index (χ1v) is 5.02. The Labute approximate surface area is 90.7 Å². The zero-order valence-electron chi connectivity index (χ0n) is 9.08. The van der Waals surface area contributed by atoms with Crippen molar-refractivity contribution < 1.29 is 4.79 Å². The Bertz CT molecular complexity index is 371. The van der Waals surface area contributed by atoms with Crippen LogP contribution in [0.2, 0.25) is 0 Å². The third-order valence-electron chi connectivity index (χ3n) is 1.88. The lowest BCUT2D eigenvalue weighted by Crippen LogP contribution is -2.27. The van der Waals surface area contributed by atoms with E-state index in [9.17, 15) is 4.79 Å². The number of carbonyl (C=O) groups is 1. The van der Waals surface area contributed by atoms with Crippen LogP contribution >= 0.6 is 0 Å². The van der Waals surface area contributed by atoms with Crippen LogP contribution in [0.3, 0.4) is 0 Å². The van der Waals surface area contributed by atoms with Crippen molar-refractivity contribution in [1.29, 1.82) is 0 Å². The van der Waals surface area contributed by atoms with Gasteiger partial charge in [0, 0.05) is 11.5 Å². The summed E-state index contributed by atoms with van der Waals surface area (Å²) in [5.41, 5.74) is 0.969. The minimum atomic E-state index is 0.0172. The van der Waals surface area contributed by atoms with E-state index in [1.165, 1.54) is 0 Å². The third kappa shape index (κ3) is 4.33. The molecular weight excluding hydrogens is 186 g/mol. The van der Waals surface area contributed by atoms with Crippen LogP contribution in [-0.2, 0) is 4.79 Å². The molecule has 0 fully saturated rings. The molecule has 1 aromatic rings. The fourth-order valence-electron chi connectivity index (χ4n) is 1.00. The van der Waals surface area contributed by atoms with Crippen LogP contribution in [0, 0.1) is 17.8 Å². The molecule has 1 N–H and O–H groups in total. The summed E-state index contributed by atoms with van der Waals surface area (Å²) in [5, 5.41) is 2.74. The van der Waals surface area contributed by atoms with E-state index in [-0.39, 0.29) is 11.8 Å². The maximum atomic E-state index is 11.2. The molecule has 1 rings (SSSR count). The molecule has 0 saturated heterocycles. The average molecular weight is 201 g/mol. The molecule has 0 aromatic heterocycles. The normalized spacial score (nSPS) is 9.27. The van der Waals surface area contributed by atoms with E-state index < -0.39 is 0 Å². The van der Waals surface area contributed by atoms with Gasteiger partial charge in [-0.25, -0.2) is 0 Å². The molecule has 2 nitrogen and oxygen atoms in total. The Morgan fingerprint density at radius 2 is 2.00 bits per heavy atom. The quantitative estimate of drug-likeness (QED) is 0.726. The van der Waals surface area contributed by atoms with Gasteiger partial charge in [0.1, 0.15) is 0 Å². The molecule has 0 atom stereocenters. The van der Waals surface area contributed by atoms with Crippen molar-refractivity contribution in [2.75, 3.05) is 6.54 Å². The first-order valence-electron chi connectivity index (χ1n) is 5.02. The smallest absolute Gasteiger partial charge is 0.223 e. The summed E-state index contributed by atoms with van der Waals surface area (Å²) in [7, 11) is 0. The lowest BCUT2D eigenvalue weighted by atomic mass is 10.2. The number of hydrogen-bond donors (Lipinski definition) is 1. The van der Waals surface area contributed by atoms with Crippen molar-refractivity contribution in [1.82, 2.24) is 5.32 Å². The summed E-state index contributed by atoms with van der Waals surface area (Å²) in [6.45, 7) is 4.13. The van der Waals surface area contributed by atoms with Gasteiger partial charge in [-0.1, -0.05) is 43.9 Å². The molecular formula is C13H15NO. The second-order valence-electron chi connectivity index (χ2n) is 3.54. The van der Waals surface area contributed by atoms with Gasteiger partial charge in [-0.05, 0) is 12.1 Å². The van der Waals surface area contributed by atoms with Crippen LogP contribution in [0.15, 0.2) is 30.3 Å². The fraction of sp³-hybridized carbons (Fsp3) is 0.308. The van der Waals surface area contributed by atoms with Gasteiger partial charge in [0.05, 0.1) is 6.54 Å². The number of hydrogen-bond acceptors (Lipinski definition) is 1. The highest BCUT2D eigenvalue weighted by molar-refractivity contribution is 5.78.